The molecule has 2 aromatic heterocycles. The maximum atomic E-state index is 6.26. The number of imidazole rings is 1. The summed E-state index contributed by atoms with van der Waals surface area (Å²) in [6, 6.07) is 3.94. The Morgan fingerprint density at radius 1 is 1.27 bits per heavy atom. The van der Waals surface area contributed by atoms with Crippen LogP contribution in [0.3, 0.4) is 0 Å². The number of halogens is 2. The SMILES string of the molecule is CC(C)(C)[Si](C)(C)OCCn1c(CCl)nc2nc(Br)ccc21. The van der Waals surface area contributed by atoms with E-state index in [2.05, 4.69) is 64.3 Å². The fraction of sp³-hybridized carbons (Fsp3) is 0.600. The van der Waals surface area contributed by atoms with Gasteiger partial charge in [-0.2, -0.15) is 0 Å². The summed E-state index contributed by atoms with van der Waals surface area (Å²) in [5.74, 6) is 1.20. The first-order valence-electron chi connectivity index (χ1n) is 7.37. The van der Waals surface area contributed by atoms with Crippen molar-refractivity contribution in [3.05, 3.63) is 22.6 Å². The van der Waals surface area contributed by atoms with Crippen LogP contribution in [0.25, 0.3) is 11.2 Å². The number of hydrogen-bond acceptors (Lipinski definition) is 3. The van der Waals surface area contributed by atoms with Crippen molar-refractivity contribution in [2.24, 2.45) is 0 Å². The average molecular weight is 405 g/mol. The third kappa shape index (κ3) is 3.72. The molecule has 0 saturated carbocycles. The summed E-state index contributed by atoms with van der Waals surface area (Å²) in [6.45, 7) is 12.7. The third-order valence-corrected chi connectivity index (χ3v) is 9.58. The van der Waals surface area contributed by atoms with Crippen LogP contribution in [0, 0.1) is 0 Å². The van der Waals surface area contributed by atoms with Gasteiger partial charge in [0.15, 0.2) is 14.0 Å². The van der Waals surface area contributed by atoms with E-state index < -0.39 is 8.32 Å². The third-order valence-electron chi connectivity index (χ3n) is 4.36. The van der Waals surface area contributed by atoms with Crippen LogP contribution in [0.15, 0.2) is 16.7 Å². The summed E-state index contributed by atoms with van der Waals surface area (Å²) in [4.78, 5) is 8.90. The molecule has 0 bridgehead atoms. The Labute approximate surface area is 146 Å². The Balaban J connectivity index is 2.18. The maximum Gasteiger partial charge on any atom is 0.192 e. The summed E-state index contributed by atoms with van der Waals surface area (Å²) in [5.41, 5.74) is 1.72. The van der Waals surface area contributed by atoms with Gasteiger partial charge in [-0.3, -0.25) is 0 Å². The molecule has 0 unspecified atom stereocenters. The molecule has 22 heavy (non-hydrogen) atoms. The predicted molar refractivity (Wildman–Crippen MR) is 97.9 cm³/mol. The van der Waals surface area contributed by atoms with Crippen molar-refractivity contribution in [2.75, 3.05) is 6.61 Å². The average Bonchev–Trinajstić information content (AvgIpc) is 2.74. The summed E-state index contributed by atoms with van der Waals surface area (Å²) in [5, 5.41) is 0.214. The van der Waals surface area contributed by atoms with E-state index in [-0.39, 0.29) is 5.04 Å². The molecule has 0 spiro atoms. The Bertz CT molecular complexity index is 667. The number of rotatable bonds is 5. The zero-order valence-electron chi connectivity index (χ0n) is 13.8. The number of nitrogens with zero attached hydrogens (tertiary/aromatic N) is 3. The minimum atomic E-state index is -1.73. The van der Waals surface area contributed by atoms with Gasteiger partial charge in [-0.25, -0.2) is 9.97 Å². The Morgan fingerprint density at radius 3 is 2.55 bits per heavy atom. The lowest BCUT2D eigenvalue weighted by Crippen LogP contribution is -2.41. The van der Waals surface area contributed by atoms with Gasteiger partial charge in [0.25, 0.3) is 0 Å². The number of aromatic nitrogens is 3. The number of fused-ring (bicyclic) bond motifs is 1. The van der Waals surface area contributed by atoms with Gasteiger partial charge in [-0.1, -0.05) is 20.8 Å². The van der Waals surface area contributed by atoms with Crippen LogP contribution >= 0.6 is 27.5 Å². The predicted octanol–water partition coefficient (Wildman–Crippen LogP) is 4.95. The molecule has 0 radical (unpaired) electrons. The molecule has 0 fully saturated rings. The Hall–Kier alpha value is -0.433. The number of pyridine rings is 1. The van der Waals surface area contributed by atoms with Gasteiger partial charge in [0, 0.05) is 6.54 Å². The van der Waals surface area contributed by atoms with Gasteiger partial charge in [0.1, 0.15) is 10.4 Å². The van der Waals surface area contributed by atoms with Crippen molar-refractivity contribution in [1.82, 2.24) is 14.5 Å². The molecule has 0 aliphatic carbocycles. The molecule has 7 heteroatoms. The van der Waals surface area contributed by atoms with Crippen molar-refractivity contribution >= 4 is 47.0 Å². The fourth-order valence-electron chi connectivity index (χ4n) is 1.99. The molecule has 0 aromatic carbocycles. The van der Waals surface area contributed by atoms with Crippen molar-refractivity contribution in [2.45, 2.75) is 51.3 Å². The van der Waals surface area contributed by atoms with E-state index in [1.54, 1.807) is 0 Å². The van der Waals surface area contributed by atoms with E-state index in [1.807, 2.05) is 12.1 Å². The van der Waals surface area contributed by atoms with Crippen LogP contribution in [0.1, 0.15) is 26.6 Å². The second kappa shape index (κ2) is 6.59. The lowest BCUT2D eigenvalue weighted by Gasteiger charge is -2.36. The van der Waals surface area contributed by atoms with Gasteiger partial charge in [-0.15, -0.1) is 11.6 Å². The van der Waals surface area contributed by atoms with Crippen LogP contribution in [-0.4, -0.2) is 29.5 Å². The van der Waals surface area contributed by atoms with Gasteiger partial charge >= 0.3 is 0 Å². The summed E-state index contributed by atoms with van der Waals surface area (Å²) >= 11 is 9.41. The van der Waals surface area contributed by atoms with E-state index in [0.29, 0.717) is 12.5 Å². The second-order valence-corrected chi connectivity index (χ2v) is 12.8. The molecule has 0 aliphatic heterocycles. The minimum absolute atomic E-state index is 0.214. The zero-order chi connectivity index (χ0) is 16.5. The van der Waals surface area contributed by atoms with Gasteiger partial charge < -0.3 is 8.99 Å². The van der Waals surface area contributed by atoms with Crippen molar-refractivity contribution in [3.8, 4) is 0 Å². The zero-order valence-corrected chi connectivity index (χ0v) is 17.1. The highest BCUT2D eigenvalue weighted by atomic mass is 79.9. The van der Waals surface area contributed by atoms with Crippen LogP contribution in [0.5, 0.6) is 0 Å². The molecule has 2 heterocycles. The normalized spacial score (nSPS) is 13.0. The monoisotopic (exact) mass is 403 g/mol. The van der Waals surface area contributed by atoms with E-state index in [0.717, 1.165) is 28.1 Å². The fourth-order valence-corrected chi connectivity index (χ4v) is 3.53. The molecule has 122 valence electrons. The lowest BCUT2D eigenvalue weighted by atomic mass is 10.2. The molecule has 0 N–H and O–H groups in total. The molecule has 0 saturated heterocycles. The van der Waals surface area contributed by atoms with E-state index in [9.17, 15) is 0 Å². The van der Waals surface area contributed by atoms with Gasteiger partial charge in [0.05, 0.1) is 18.0 Å². The van der Waals surface area contributed by atoms with E-state index in [1.165, 1.54) is 0 Å². The molecule has 0 aliphatic rings. The first kappa shape index (κ1) is 17.9. The van der Waals surface area contributed by atoms with Crippen molar-refractivity contribution in [3.63, 3.8) is 0 Å². The minimum Gasteiger partial charge on any atom is -0.415 e. The highest BCUT2D eigenvalue weighted by Gasteiger charge is 2.36. The van der Waals surface area contributed by atoms with E-state index in [4.69, 9.17) is 16.0 Å². The Kier molecular flexibility index (Phi) is 5.37. The summed E-state index contributed by atoms with van der Waals surface area (Å²) in [6.07, 6.45) is 0. The van der Waals surface area contributed by atoms with Gasteiger partial charge in [0.2, 0.25) is 0 Å². The Morgan fingerprint density at radius 2 is 1.95 bits per heavy atom. The number of hydrogen-bond donors (Lipinski definition) is 0. The molecule has 0 amide bonds. The standard InChI is InChI=1S/C15H23BrClN3OSi/c1-15(2,3)22(4,5)21-9-8-20-11-6-7-12(16)18-14(11)19-13(20)10-17/h6-7H,8-10H2,1-5H3. The number of alkyl halides is 1. The van der Waals surface area contributed by atoms with Gasteiger partial charge in [-0.05, 0) is 46.2 Å². The lowest BCUT2D eigenvalue weighted by molar-refractivity contribution is 0.272. The smallest absolute Gasteiger partial charge is 0.192 e. The van der Waals surface area contributed by atoms with E-state index >= 15 is 0 Å². The maximum absolute atomic E-state index is 6.26. The summed E-state index contributed by atoms with van der Waals surface area (Å²) < 4.78 is 9.14. The van der Waals surface area contributed by atoms with Crippen molar-refractivity contribution in [1.29, 1.82) is 0 Å². The second-order valence-electron chi connectivity index (χ2n) is 6.90. The van der Waals surface area contributed by atoms with Crippen molar-refractivity contribution < 1.29 is 4.43 Å². The first-order chi connectivity index (χ1) is 10.2. The quantitative estimate of drug-likeness (QED) is 0.402. The van der Waals surface area contributed by atoms with Crippen LogP contribution < -0.4 is 0 Å². The van der Waals surface area contributed by atoms with Crippen LogP contribution in [-0.2, 0) is 16.9 Å². The van der Waals surface area contributed by atoms with Crippen LogP contribution in [0.2, 0.25) is 18.1 Å². The first-order valence-corrected chi connectivity index (χ1v) is 11.6. The van der Waals surface area contributed by atoms with Crippen LogP contribution in [0.4, 0.5) is 0 Å². The molecule has 0 atom stereocenters. The molecular weight excluding hydrogens is 382 g/mol. The summed E-state index contributed by atoms with van der Waals surface area (Å²) in [7, 11) is -1.73. The molecular formula is C15H23BrClN3OSi. The topological polar surface area (TPSA) is 39.9 Å². The molecule has 4 nitrogen and oxygen atoms in total. The highest BCUT2D eigenvalue weighted by molar-refractivity contribution is 9.10. The largest absolute Gasteiger partial charge is 0.415 e. The molecule has 2 rings (SSSR count). The molecule has 2 aromatic rings. The highest BCUT2D eigenvalue weighted by Crippen LogP contribution is 2.36.